The van der Waals surface area contributed by atoms with Crippen molar-refractivity contribution in [3.05, 3.63) is 53.6 Å². The van der Waals surface area contributed by atoms with Gasteiger partial charge in [-0.1, -0.05) is 18.2 Å². The van der Waals surface area contributed by atoms with Crippen LogP contribution in [0.1, 0.15) is 17.5 Å². The molecule has 0 atom stereocenters. The van der Waals surface area contributed by atoms with Gasteiger partial charge in [0.1, 0.15) is 0 Å². The van der Waals surface area contributed by atoms with Gasteiger partial charge in [0.2, 0.25) is 5.91 Å². The number of carbonyl (C=O) groups is 1. The number of anilines is 1. The van der Waals surface area contributed by atoms with Gasteiger partial charge in [-0.15, -0.1) is 0 Å². The van der Waals surface area contributed by atoms with Gasteiger partial charge in [0.25, 0.3) is 0 Å². The smallest absolute Gasteiger partial charge is 0.227 e. The van der Waals surface area contributed by atoms with Crippen molar-refractivity contribution in [2.75, 3.05) is 65.9 Å². The van der Waals surface area contributed by atoms with Crippen LogP contribution in [0.5, 0.6) is 11.5 Å². The molecular formula is C25H35N3O3. The van der Waals surface area contributed by atoms with E-state index in [-0.39, 0.29) is 5.91 Å². The second kappa shape index (κ2) is 11.0. The van der Waals surface area contributed by atoms with Crippen molar-refractivity contribution in [3.8, 4) is 11.5 Å². The van der Waals surface area contributed by atoms with E-state index in [9.17, 15) is 4.79 Å². The Bertz CT molecular complexity index is 857. The summed E-state index contributed by atoms with van der Waals surface area (Å²) in [6.45, 7) is 4.48. The van der Waals surface area contributed by atoms with E-state index in [0.29, 0.717) is 12.2 Å². The van der Waals surface area contributed by atoms with E-state index >= 15 is 0 Å². The molecule has 6 heteroatoms. The van der Waals surface area contributed by atoms with E-state index in [2.05, 4.69) is 48.2 Å². The zero-order valence-corrected chi connectivity index (χ0v) is 19.3. The van der Waals surface area contributed by atoms with Crippen LogP contribution in [0.2, 0.25) is 0 Å². The molecule has 0 radical (unpaired) electrons. The van der Waals surface area contributed by atoms with Crippen molar-refractivity contribution in [1.29, 1.82) is 0 Å². The van der Waals surface area contributed by atoms with Crippen LogP contribution in [0.3, 0.4) is 0 Å². The molecule has 1 aliphatic rings. The quantitative estimate of drug-likeness (QED) is 0.585. The molecule has 0 aliphatic carbocycles. The van der Waals surface area contributed by atoms with Gasteiger partial charge in [0.15, 0.2) is 11.5 Å². The molecule has 0 bridgehead atoms. The first-order valence-electron chi connectivity index (χ1n) is 11.0. The van der Waals surface area contributed by atoms with Gasteiger partial charge in [-0.2, -0.15) is 0 Å². The maximum Gasteiger partial charge on any atom is 0.227 e. The third-order valence-corrected chi connectivity index (χ3v) is 6.03. The Morgan fingerprint density at radius 3 is 2.29 bits per heavy atom. The number of benzene rings is 2. The molecule has 1 heterocycles. The molecule has 0 aromatic heterocycles. The fourth-order valence-electron chi connectivity index (χ4n) is 4.03. The zero-order valence-electron chi connectivity index (χ0n) is 19.3. The number of nitrogens with zero attached hydrogens (tertiary/aromatic N) is 3. The minimum absolute atomic E-state index is 0.192. The molecule has 3 rings (SSSR count). The third-order valence-electron chi connectivity index (χ3n) is 6.03. The Morgan fingerprint density at radius 2 is 1.61 bits per heavy atom. The zero-order chi connectivity index (χ0) is 22.2. The molecular weight excluding hydrogens is 390 g/mol. The summed E-state index contributed by atoms with van der Waals surface area (Å²) in [7, 11) is 7.55. The number of hydrogen-bond donors (Lipinski definition) is 0. The third kappa shape index (κ3) is 6.14. The largest absolute Gasteiger partial charge is 0.493 e. The predicted octanol–water partition coefficient (Wildman–Crippen LogP) is 3.09. The summed E-state index contributed by atoms with van der Waals surface area (Å²) in [5.74, 6) is 1.60. The van der Waals surface area contributed by atoms with Crippen molar-refractivity contribution in [3.63, 3.8) is 0 Å². The van der Waals surface area contributed by atoms with E-state index in [0.717, 1.165) is 56.9 Å². The van der Waals surface area contributed by atoms with Crippen molar-refractivity contribution in [2.24, 2.45) is 0 Å². The number of rotatable bonds is 10. The van der Waals surface area contributed by atoms with Crippen LogP contribution in [-0.2, 0) is 17.6 Å². The second-order valence-electron chi connectivity index (χ2n) is 8.20. The monoisotopic (exact) mass is 425 g/mol. The molecule has 6 nitrogen and oxygen atoms in total. The Balaban J connectivity index is 1.46. The maximum atomic E-state index is 12.8. The van der Waals surface area contributed by atoms with Crippen LogP contribution in [-0.4, -0.2) is 76.7 Å². The first kappa shape index (κ1) is 22.9. The van der Waals surface area contributed by atoms with Crippen LogP contribution >= 0.6 is 0 Å². The number of fused-ring (bicyclic) bond motifs is 1. The average molecular weight is 426 g/mol. The highest BCUT2D eigenvalue weighted by atomic mass is 16.5. The van der Waals surface area contributed by atoms with Gasteiger partial charge in [0, 0.05) is 38.9 Å². The normalized spacial score (nSPS) is 13.7. The molecule has 168 valence electrons. The van der Waals surface area contributed by atoms with Crippen molar-refractivity contribution in [1.82, 2.24) is 9.80 Å². The topological polar surface area (TPSA) is 45.3 Å². The van der Waals surface area contributed by atoms with Crippen LogP contribution in [0.25, 0.3) is 0 Å². The van der Waals surface area contributed by atoms with Crippen molar-refractivity contribution in [2.45, 2.75) is 19.3 Å². The van der Waals surface area contributed by atoms with Crippen LogP contribution in [0, 0.1) is 0 Å². The average Bonchev–Trinajstić information content (AvgIpc) is 2.94. The number of likely N-dealkylation sites (N-methyl/N-ethyl adjacent to an activating group) is 2. The standard InChI is InChI=1S/C25H35N3O3/c1-26(15-16-27(2)22-9-6-5-7-10-22)12-8-13-28-14-11-20-17-23(30-3)24(31-4)18-21(20)19-25(28)29/h5-7,9-10,17-18H,8,11-16,19H2,1-4H3. The first-order chi connectivity index (χ1) is 15.0. The van der Waals surface area contributed by atoms with Crippen molar-refractivity contribution < 1.29 is 14.3 Å². The SMILES string of the molecule is COc1cc2c(cc1OC)CC(=O)N(CCCN(C)CCN(C)c1ccccc1)CC2. The highest BCUT2D eigenvalue weighted by Gasteiger charge is 2.22. The number of carbonyl (C=O) groups excluding carboxylic acids is 1. The highest BCUT2D eigenvalue weighted by molar-refractivity contribution is 5.80. The Morgan fingerprint density at radius 1 is 0.935 bits per heavy atom. The Labute approximate surface area is 186 Å². The maximum absolute atomic E-state index is 12.8. The molecule has 2 aromatic rings. The predicted molar refractivity (Wildman–Crippen MR) is 125 cm³/mol. The first-order valence-corrected chi connectivity index (χ1v) is 11.0. The highest BCUT2D eigenvalue weighted by Crippen LogP contribution is 2.32. The fraction of sp³-hybridized carbons (Fsp3) is 0.480. The molecule has 0 N–H and O–H groups in total. The molecule has 31 heavy (non-hydrogen) atoms. The summed E-state index contributed by atoms with van der Waals surface area (Å²) in [5, 5.41) is 0. The minimum atomic E-state index is 0.192. The lowest BCUT2D eigenvalue weighted by atomic mass is 10.0. The van der Waals surface area contributed by atoms with E-state index in [1.54, 1.807) is 14.2 Å². The molecule has 1 aliphatic heterocycles. The van der Waals surface area contributed by atoms with E-state index < -0.39 is 0 Å². The number of para-hydroxylation sites is 1. The van der Waals surface area contributed by atoms with Gasteiger partial charge in [-0.25, -0.2) is 0 Å². The summed E-state index contributed by atoms with van der Waals surface area (Å²) in [6, 6.07) is 14.4. The molecule has 1 amide bonds. The summed E-state index contributed by atoms with van der Waals surface area (Å²) in [6.07, 6.45) is 2.24. The van der Waals surface area contributed by atoms with Gasteiger partial charge in [-0.05, 0) is 61.8 Å². The minimum Gasteiger partial charge on any atom is -0.493 e. The van der Waals surface area contributed by atoms with E-state index in [4.69, 9.17) is 9.47 Å². The lowest BCUT2D eigenvalue weighted by Gasteiger charge is -2.25. The van der Waals surface area contributed by atoms with Gasteiger partial charge in [-0.3, -0.25) is 4.79 Å². The van der Waals surface area contributed by atoms with Crippen molar-refractivity contribution >= 4 is 11.6 Å². The Hall–Kier alpha value is -2.73. The van der Waals surface area contributed by atoms with Gasteiger partial charge >= 0.3 is 0 Å². The number of ether oxygens (including phenoxy) is 2. The molecule has 0 fully saturated rings. The number of amides is 1. The van der Waals surface area contributed by atoms with Crippen LogP contribution < -0.4 is 14.4 Å². The molecule has 0 spiro atoms. The number of methoxy groups -OCH3 is 2. The van der Waals surface area contributed by atoms with Crippen LogP contribution in [0.15, 0.2) is 42.5 Å². The van der Waals surface area contributed by atoms with Crippen LogP contribution in [0.4, 0.5) is 5.69 Å². The molecule has 0 unspecified atom stereocenters. The lowest BCUT2D eigenvalue weighted by molar-refractivity contribution is -0.130. The Kier molecular flexibility index (Phi) is 8.18. The van der Waals surface area contributed by atoms with Gasteiger partial charge in [0.05, 0.1) is 20.6 Å². The molecule has 0 saturated carbocycles. The fourth-order valence-corrected chi connectivity index (χ4v) is 4.03. The second-order valence-corrected chi connectivity index (χ2v) is 8.20. The molecule has 0 saturated heterocycles. The van der Waals surface area contributed by atoms with E-state index in [1.807, 2.05) is 23.1 Å². The van der Waals surface area contributed by atoms with Gasteiger partial charge < -0.3 is 24.2 Å². The van der Waals surface area contributed by atoms with E-state index in [1.165, 1.54) is 11.3 Å². The summed E-state index contributed by atoms with van der Waals surface area (Å²) < 4.78 is 10.8. The molecule has 2 aromatic carbocycles. The summed E-state index contributed by atoms with van der Waals surface area (Å²) in [5.41, 5.74) is 3.46. The lowest BCUT2D eigenvalue weighted by Crippen LogP contribution is -2.36. The summed E-state index contributed by atoms with van der Waals surface area (Å²) in [4.78, 5) is 19.4. The summed E-state index contributed by atoms with van der Waals surface area (Å²) >= 11 is 0. The number of hydrogen-bond acceptors (Lipinski definition) is 5.